The van der Waals surface area contributed by atoms with E-state index in [-0.39, 0.29) is 0 Å². The Morgan fingerprint density at radius 1 is 1.05 bits per heavy atom. The molecule has 3 nitrogen and oxygen atoms in total. The Morgan fingerprint density at radius 2 is 1.90 bits per heavy atom. The predicted octanol–water partition coefficient (Wildman–Crippen LogP) is 3.84. The molecule has 0 fully saturated rings. The van der Waals surface area contributed by atoms with Crippen molar-refractivity contribution in [1.82, 2.24) is 9.55 Å². The van der Waals surface area contributed by atoms with Crippen molar-refractivity contribution in [3.63, 3.8) is 0 Å². The van der Waals surface area contributed by atoms with Crippen LogP contribution in [0.1, 0.15) is 0 Å². The maximum absolute atomic E-state index is 5.51. The van der Waals surface area contributed by atoms with E-state index in [4.69, 9.17) is 9.72 Å². The Labute approximate surface area is 116 Å². The topological polar surface area (TPSA) is 27.1 Å². The smallest absolute Gasteiger partial charge is 0.130 e. The summed E-state index contributed by atoms with van der Waals surface area (Å²) in [6, 6.07) is 16.5. The molecule has 2 aliphatic heterocycles. The number of hydrogen-bond donors (Lipinski definition) is 0. The molecular weight excluding hydrogens is 248 g/mol. The van der Waals surface area contributed by atoms with Crippen molar-refractivity contribution in [2.75, 3.05) is 7.11 Å². The van der Waals surface area contributed by atoms with Crippen molar-refractivity contribution in [2.45, 2.75) is 0 Å². The summed E-state index contributed by atoms with van der Waals surface area (Å²) in [4.78, 5) is 4.73. The lowest BCUT2D eigenvalue weighted by atomic mass is 10.1. The molecule has 4 rings (SSSR count). The molecular formula is C17H14N2O. The van der Waals surface area contributed by atoms with E-state index in [2.05, 4.69) is 41.9 Å². The molecule has 0 bridgehead atoms. The summed E-state index contributed by atoms with van der Waals surface area (Å²) < 4.78 is 7.70. The number of hydrogen-bond acceptors (Lipinski definition) is 2. The fourth-order valence-electron chi connectivity index (χ4n) is 2.95. The van der Waals surface area contributed by atoms with E-state index in [1.807, 2.05) is 18.2 Å². The standard InChI is InChI=1S/C17H14N2O/c1-19-14-8-4-3-6-11(14)10-13-17(19)16-12(18-13)7-5-9-15(16)20-2/h3-10H,1-2H3. The molecule has 0 aromatic heterocycles. The summed E-state index contributed by atoms with van der Waals surface area (Å²) in [6.07, 6.45) is 0. The highest BCUT2D eigenvalue weighted by Gasteiger charge is 2.19. The number of ether oxygens (including phenoxy) is 1. The second-order valence-corrected chi connectivity index (χ2v) is 4.96. The first kappa shape index (κ1) is 11.3. The summed E-state index contributed by atoms with van der Waals surface area (Å²) in [5.74, 6) is 0.871. The molecule has 0 aliphatic carbocycles. The second-order valence-electron chi connectivity index (χ2n) is 4.96. The largest absolute Gasteiger partial charge is 0.496 e. The zero-order chi connectivity index (χ0) is 13.7. The first-order valence-corrected chi connectivity index (χ1v) is 6.60. The lowest BCUT2D eigenvalue weighted by Gasteiger charge is -2.12. The maximum atomic E-state index is 5.51. The minimum absolute atomic E-state index is 0.871. The lowest BCUT2D eigenvalue weighted by Crippen LogP contribution is -1.99. The SMILES string of the molecule is COc1cccc2nc3cc4ccccc4n(C)c-3c12. The van der Waals surface area contributed by atoms with Gasteiger partial charge >= 0.3 is 0 Å². The van der Waals surface area contributed by atoms with E-state index >= 15 is 0 Å². The first-order valence-electron chi connectivity index (χ1n) is 6.60. The fraction of sp³-hybridized carbons (Fsp3) is 0.118. The van der Waals surface area contributed by atoms with E-state index in [1.165, 1.54) is 10.9 Å². The summed E-state index contributed by atoms with van der Waals surface area (Å²) in [5.41, 5.74) is 4.30. The van der Waals surface area contributed by atoms with Gasteiger partial charge < -0.3 is 9.30 Å². The highest BCUT2D eigenvalue weighted by Crippen LogP contribution is 2.38. The molecule has 0 saturated carbocycles. The van der Waals surface area contributed by atoms with Gasteiger partial charge in [0.15, 0.2) is 0 Å². The first-order chi connectivity index (χ1) is 9.79. The highest BCUT2D eigenvalue weighted by molar-refractivity contribution is 6.03. The number of methoxy groups -OCH3 is 1. The molecule has 0 atom stereocenters. The minimum atomic E-state index is 0.871. The van der Waals surface area contributed by atoms with Crippen LogP contribution < -0.4 is 4.74 Å². The van der Waals surface area contributed by atoms with Gasteiger partial charge in [-0.25, -0.2) is 4.98 Å². The van der Waals surface area contributed by atoms with Gasteiger partial charge in [0.2, 0.25) is 0 Å². The molecule has 0 spiro atoms. The van der Waals surface area contributed by atoms with Crippen LogP contribution >= 0.6 is 0 Å². The van der Waals surface area contributed by atoms with Gasteiger partial charge in [0.25, 0.3) is 0 Å². The number of aryl methyl sites for hydroxylation is 1. The van der Waals surface area contributed by atoms with Crippen LogP contribution in [0.4, 0.5) is 0 Å². The number of fused-ring (bicyclic) bond motifs is 4. The van der Waals surface area contributed by atoms with Gasteiger partial charge in [0, 0.05) is 18.0 Å². The normalized spacial score (nSPS) is 11.5. The number of para-hydroxylation sites is 1. The number of aromatic nitrogens is 2. The van der Waals surface area contributed by atoms with Crippen molar-refractivity contribution < 1.29 is 4.74 Å². The quantitative estimate of drug-likeness (QED) is 0.521. The Balaban J connectivity index is 2.27. The molecule has 2 heterocycles. The molecule has 2 aromatic rings. The second kappa shape index (κ2) is 3.97. The van der Waals surface area contributed by atoms with Crippen molar-refractivity contribution in [2.24, 2.45) is 7.05 Å². The Kier molecular flexibility index (Phi) is 2.24. The van der Waals surface area contributed by atoms with Crippen molar-refractivity contribution in [1.29, 1.82) is 0 Å². The van der Waals surface area contributed by atoms with Gasteiger partial charge in [-0.1, -0.05) is 24.3 Å². The molecule has 0 saturated heterocycles. The molecule has 2 aromatic carbocycles. The van der Waals surface area contributed by atoms with Gasteiger partial charge in [-0.2, -0.15) is 0 Å². The molecule has 0 unspecified atom stereocenters. The number of benzene rings is 2. The Morgan fingerprint density at radius 3 is 2.75 bits per heavy atom. The maximum Gasteiger partial charge on any atom is 0.130 e. The van der Waals surface area contributed by atoms with Crippen LogP contribution in [-0.2, 0) is 7.05 Å². The van der Waals surface area contributed by atoms with Gasteiger partial charge in [-0.3, -0.25) is 0 Å². The molecule has 98 valence electrons. The zero-order valence-corrected chi connectivity index (χ0v) is 11.4. The third-order valence-corrected chi connectivity index (χ3v) is 3.87. The number of nitrogens with zero attached hydrogens (tertiary/aromatic N) is 2. The third kappa shape index (κ3) is 1.37. The number of pyridine rings is 1. The van der Waals surface area contributed by atoms with E-state index in [9.17, 15) is 0 Å². The summed E-state index contributed by atoms with van der Waals surface area (Å²) in [7, 11) is 3.78. The van der Waals surface area contributed by atoms with Gasteiger partial charge in [-0.05, 0) is 24.3 Å². The van der Waals surface area contributed by atoms with Crippen molar-refractivity contribution in [3.8, 4) is 17.1 Å². The molecule has 2 aliphatic rings. The van der Waals surface area contributed by atoms with Crippen LogP contribution in [0.15, 0.2) is 48.5 Å². The van der Waals surface area contributed by atoms with Crippen molar-refractivity contribution in [3.05, 3.63) is 48.5 Å². The number of rotatable bonds is 1. The molecule has 0 N–H and O–H groups in total. The van der Waals surface area contributed by atoms with Crippen molar-refractivity contribution >= 4 is 21.8 Å². The van der Waals surface area contributed by atoms with Gasteiger partial charge in [-0.15, -0.1) is 0 Å². The van der Waals surface area contributed by atoms with Crippen LogP contribution in [0, 0.1) is 0 Å². The third-order valence-electron chi connectivity index (χ3n) is 3.87. The highest BCUT2D eigenvalue weighted by atomic mass is 16.5. The lowest BCUT2D eigenvalue weighted by molar-refractivity contribution is 0.420. The van der Waals surface area contributed by atoms with Crippen LogP contribution in [0.25, 0.3) is 33.2 Å². The summed E-state index contributed by atoms with van der Waals surface area (Å²) in [5, 5.41) is 2.28. The average molecular weight is 262 g/mol. The minimum Gasteiger partial charge on any atom is -0.496 e. The van der Waals surface area contributed by atoms with Crippen LogP contribution in [0.2, 0.25) is 0 Å². The van der Waals surface area contributed by atoms with Crippen LogP contribution in [0.3, 0.4) is 0 Å². The Hall–Kier alpha value is -2.55. The predicted molar refractivity (Wildman–Crippen MR) is 81.4 cm³/mol. The van der Waals surface area contributed by atoms with E-state index in [0.717, 1.165) is 28.0 Å². The van der Waals surface area contributed by atoms with Crippen LogP contribution in [0.5, 0.6) is 5.75 Å². The van der Waals surface area contributed by atoms with E-state index < -0.39 is 0 Å². The summed E-state index contributed by atoms with van der Waals surface area (Å²) in [6.45, 7) is 0. The van der Waals surface area contributed by atoms with Gasteiger partial charge in [0.05, 0.1) is 29.4 Å². The fourth-order valence-corrected chi connectivity index (χ4v) is 2.95. The molecule has 0 amide bonds. The Bertz CT molecular complexity index is 908. The molecule has 20 heavy (non-hydrogen) atoms. The molecule has 3 heteroatoms. The monoisotopic (exact) mass is 262 g/mol. The van der Waals surface area contributed by atoms with E-state index in [1.54, 1.807) is 7.11 Å². The summed E-state index contributed by atoms with van der Waals surface area (Å²) >= 11 is 0. The molecule has 0 radical (unpaired) electrons. The zero-order valence-electron chi connectivity index (χ0n) is 11.4. The van der Waals surface area contributed by atoms with E-state index in [0.29, 0.717) is 0 Å². The average Bonchev–Trinajstić information content (AvgIpc) is 2.85. The van der Waals surface area contributed by atoms with Crippen LogP contribution in [-0.4, -0.2) is 16.7 Å². The van der Waals surface area contributed by atoms with Gasteiger partial charge in [0.1, 0.15) is 5.75 Å².